The summed E-state index contributed by atoms with van der Waals surface area (Å²) in [5.74, 6) is 1.70. The topological polar surface area (TPSA) is 65.0 Å². The SMILES string of the molecule is Clc1ccc2c(c1)oc1cccc(-c3nc(-c4ccc5ccccc5c4)nc(-c4ccc5c(c4)oc4ccccc45)n3)c12. The number of hydrogen-bond acceptors (Lipinski definition) is 5. The summed E-state index contributed by atoms with van der Waals surface area (Å²) in [6.07, 6.45) is 0. The van der Waals surface area contributed by atoms with Crippen molar-refractivity contribution in [2.45, 2.75) is 0 Å². The number of benzene rings is 6. The van der Waals surface area contributed by atoms with E-state index in [2.05, 4.69) is 42.5 Å². The summed E-state index contributed by atoms with van der Waals surface area (Å²) in [5.41, 5.74) is 5.70. The van der Waals surface area contributed by atoms with Gasteiger partial charge < -0.3 is 8.83 Å². The Kier molecular flexibility index (Phi) is 5.18. The van der Waals surface area contributed by atoms with Crippen molar-refractivity contribution in [1.29, 1.82) is 0 Å². The minimum atomic E-state index is 0.557. The van der Waals surface area contributed by atoms with Crippen molar-refractivity contribution in [2.75, 3.05) is 0 Å². The van der Waals surface area contributed by atoms with Crippen LogP contribution in [0.1, 0.15) is 0 Å². The van der Waals surface area contributed by atoms with Gasteiger partial charge in [0.15, 0.2) is 17.5 Å². The Hall–Kier alpha value is -5.52. The van der Waals surface area contributed by atoms with Crippen molar-refractivity contribution in [3.8, 4) is 34.2 Å². The molecule has 9 rings (SSSR count). The number of aromatic nitrogens is 3. The number of halogens is 1. The molecule has 6 heteroatoms. The fraction of sp³-hybridized carbons (Fsp3) is 0. The van der Waals surface area contributed by atoms with Gasteiger partial charge in [-0.1, -0.05) is 84.4 Å². The molecule has 3 aromatic heterocycles. The third-order valence-corrected chi connectivity index (χ3v) is 8.22. The highest BCUT2D eigenvalue weighted by atomic mass is 35.5. The van der Waals surface area contributed by atoms with Crippen LogP contribution in [-0.2, 0) is 0 Å². The molecule has 0 spiro atoms. The molecule has 0 amide bonds. The number of rotatable bonds is 3. The molecule has 0 aliphatic heterocycles. The molecule has 6 aromatic carbocycles. The van der Waals surface area contributed by atoms with Crippen LogP contribution >= 0.6 is 11.6 Å². The van der Waals surface area contributed by atoms with Crippen molar-refractivity contribution in [3.05, 3.63) is 126 Å². The van der Waals surface area contributed by atoms with Crippen LogP contribution in [0, 0.1) is 0 Å². The standard InChI is InChI=1S/C37H20ClN3O2/c38-25-15-17-28-33(20-25)43-31-11-5-9-29(34(28)31)37-40-35(23-13-12-21-6-1-2-7-22(21)18-23)39-36(41-37)24-14-16-27-26-8-3-4-10-30(26)42-32(27)19-24/h1-20H. The molecule has 5 nitrogen and oxygen atoms in total. The number of furan rings is 2. The summed E-state index contributed by atoms with van der Waals surface area (Å²) >= 11 is 6.29. The van der Waals surface area contributed by atoms with E-state index in [4.69, 9.17) is 35.4 Å². The van der Waals surface area contributed by atoms with Gasteiger partial charge in [0.25, 0.3) is 0 Å². The molecule has 202 valence electrons. The van der Waals surface area contributed by atoms with E-state index in [0.717, 1.165) is 65.8 Å². The average molecular weight is 574 g/mol. The van der Waals surface area contributed by atoms with Crippen LogP contribution in [-0.4, -0.2) is 15.0 Å². The minimum Gasteiger partial charge on any atom is -0.456 e. The Balaban J connectivity index is 1.30. The fourth-order valence-corrected chi connectivity index (χ4v) is 6.10. The van der Waals surface area contributed by atoms with Gasteiger partial charge in [-0.2, -0.15) is 0 Å². The highest BCUT2D eigenvalue weighted by molar-refractivity contribution is 6.31. The van der Waals surface area contributed by atoms with Crippen LogP contribution in [0.25, 0.3) is 88.8 Å². The van der Waals surface area contributed by atoms with Crippen molar-refractivity contribution < 1.29 is 8.83 Å². The van der Waals surface area contributed by atoms with Gasteiger partial charge in [-0.05, 0) is 53.2 Å². The normalized spacial score (nSPS) is 11.8. The van der Waals surface area contributed by atoms with E-state index in [1.165, 1.54) is 0 Å². The highest BCUT2D eigenvalue weighted by Crippen LogP contribution is 2.38. The number of para-hydroxylation sites is 1. The van der Waals surface area contributed by atoms with E-state index in [9.17, 15) is 0 Å². The van der Waals surface area contributed by atoms with Gasteiger partial charge in [0.05, 0.1) is 0 Å². The average Bonchev–Trinajstić information content (AvgIpc) is 3.61. The van der Waals surface area contributed by atoms with Crippen LogP contribution in [0.5, 0.6) is 0 Å². The van der Waals surface area contributed by atoms with Crippen LogP contribution in [0.15, 0.2) is 130 Å². The van der Waals surface area contributed by atoms with Crippen molar-refractivity contribution in [3.63, 3.8) is 0 Å². The van der Waals surface area contributed by atoms with Gasteiger partial charge in [0, 0.05) is 49.3 Å². The van der Waals surface area contributed by atoms with Crippen LogP contribution in [0.2, 0.25) is 5.02 Å². The molecular weight excluding hydrogens is 554 g/mol. The van der Waals surface area contributed by atoms with E-state index < -0.39 is 0 Å². The maximum absolute atomic E-state index is 6.29. The lowest BCUT2D eigenvalue weighted by Crippen LogP contribution is -2.00. The van der Waals surface area contributed by atoms with Crippen molar-refractivity contribution in [2.24, 2.45) is 0 Å². The first-order valence-corrected chi connectivity index (χ1v) is 14.3. The zero-order valence-corrected chi connectivity index (χ0v) is 23.3. The predicted molar refractivity (Wildman–Crippen MR) is 173 cm³/mol. The minimum absolute atomic E-state index is 0.557. The fourth-order valence-electron chi connectivity index (χ4n) is 5.93. The second-order valence-corrected chi connectivity index (χ2v) is 11.0. The summed E-state index contributed by atoms with van der Waals surface area (Å²) in [5, 5.41) is 6.91. The molecule has 0 aliphatic carbocycles. The Labute approximate surface area is 250 Å². The molecule has 43 heavy (non-hydrogen) atoms. The predicted octanol–water partition coefficient (Wildman–Crippen LogP) is 10.5. The molecule has 9 aromatic rings. The summed E-state index contributed by atoms with van der Waals surface area (Å²) < 4.78 is 12.4. The molecule has 0 aliphatic rings. The zero-order chi connectivity index (χ0) is 28.5. The van der Waals surface area contributed by atoms with E-state index in [1.54, 1.807) is 0 Å². The van der Waals surface area contributed by atoms with E-state index in [1.807, 2.05) is 78.9 Å². The Morgan fingerprint density at radius 1 is 0.442 bits per heavy atom. The quantitative estimate of drug-likeness (QED) is 0.210. The van der Waals surface area contributed by atoms with E-state index >= 15 is 0 Å². The molecule has 0 saturated carbocycles. The maximum Gasteiger partial charge on any atom is 0.164 e. The van der Waals surface area contributed by atoms with Crippen LogP contribution in [0.4, 0.5) is 0 Å². The molecule has 0 unspecified atom stereocenters. The summed E-state index contributed by atoms with van der Waals surface area (Å²) in [6, 6.07) is 40.4. The Bertz CT molecular complexity index is 2550. The van der Waals surface area contributed by atoms with Gasteiger partial charge >= 0.3 is 0 Å². The van der Waals surface area contributed by atoms with Gasteiger partial charge in [0.1, 0.15) is 22.3 Å². The molecule has 0 bridgehead atoms. The highest BCUT2D eigenvalue weighted by Gasteiger charge is 2.19. The smallest absolute Gasteiger partial charge is 0.164 e. The van der Waals surface area contributed by atoms with Gasteiger partial charge in [0.2, 0.25) is 0 Å². The first kappa shape index (κ1) is 24.1. The molecule has 3 heterocycles. The van der Waals surface area contributed by atoms with Gasteiger partial charge in [-0.15, -0.1) is 0 Å². The second kappa shape index (κ2) is 9.24. The Morgan fingerprint density at radius 3 is 2.00 bits per heavy atom. The molecule has 0 fully saturated rings. The summed E-state index contributed by atoms with van der Waals surface area (Å²) in [6.45, 7) is 0. The lowest BCUT2D eigenvalue weighted by atomic mass is 10.0. The third-order valence-electron chi connectivity index (χ3n) is 7.98. The lowest BCUT2D eigenvalue weighted by Gasteiger charge is -2.10. The van der Waals surface area contributed by atoms with Gasteiger partial charge in [-0.25, -0.2) is 15.0 Å². The number of fused-ring (bicyclic) bond motifs is 7. The maximum atomic E-state index is 6.29. The third kappa shape index (κ3) is 3.90. The first-order chi connectivity index (χ1) is 21.2. The number of nitrogens with zero attached hydrogens (tertiary/aromatic N) is 3. The molecule has 0 radical (unpaired) electrons. The summed E-state index contributed by atoms with van der Waals surface area (Å²) in [4.78, 5) is 15.1. The van der Waals surface area contributed by atoms with E-state index in [-0.39, 0.29) is 0 Å². The van der Waals surface area contributed by atoms with Crippen molar-refractivity contribution >= 4 is 66.3 Å². The second-order valence-electron chi connectivity index (χ2n) is 10.6. The van der Waals surface area contributed by atoms with Crippen molar-refractivity contribution in [1.82, 2.24) is 15.0 Å². The zero-order valence-electron chi connectivity index (χ0n) is 22.6. The molecule has 0 atom stereocenters. The lowest BCUT2D eigenvalue weighted by molar-refractivity contribution is 0.668. The molecule has 0 saturated heterocycles. The van der Waals surface area contributed by atoms with Gasteiger partial charge in [-0.3, -0.25) is 0 Å². The Morgan fingerprint density at radius 2 is 1.09 bits per heavy atom. The van der Waals surface area contributed by atoms with Crippen LogP contribution in [0.3, 0.4) is 0 Å². The molecule has 0 N–H and O–H groups in total. The molecular formula is C37H20ClN3O2. The number of hydrogen-bond donors (Lipinski definition) is 0. The monoisotopic (exact) mass is 573 g/mol. The van der Waals surface area contributed by atoms with E-state index in [0.29, 0.717) is 28.1 Å². The summed E-state index contributed by atoms with van der Waals surface area (Å²) in [7, 11) is 0. The van der Waals surface area contributed by atoms with Crippen LogP contribution < -0.4 is 0 Å². The first-order valence-electron chi connectivity index (χ1n) is 14.0. The largest absolute Gasteiger partial charge is 0.456 e.